The lowest BCUT2D eigenvalue weighted by molar-refractivity contribution is 0.0874. The topological polar surface area (TPSA) is 60.8 Å². The van der Waals surface area contributed by atoms with Crippen LogP contribution in [0.5, 0.6) is 0 Å². The van der Waals surface area contributed by atoms with Gasteiger partial charge in [0.2, 0.25) is 0 Å². The smallest absolute Gasteiger partial charge is 0.259 e. The number of β-amino-alcohol motifs (C(OH)–C–C–N with tert-alkyl or cyclic N) is 1. The summed E-state index contributed by atoms with van der Waals surface area (Å²) in [6, 6.07) is 11.3. The summed E-state index contributed by atoms with van der Waals surface area (Å²) in [5.74, 6) is -0.116. The second kappa shape index (κ2) is 4.08. The molecule has 1 amide bonds. The van der Waals surface area contributed by atoms with Gasteiger partial charge in [-0.15, -0.1) is 0 Å². The first-order chi connectivity index (χ1) is 8.72. The van der Waals surface area contributed by atoms with Crippen molar-refractivity contribution >= 4 is 22.4 Å². The van der Waals surface area contributed by atoms with Gasteiger partial charge in [0, 0.05) is 10.9 Å². The zero-order valence-electron chi connectivity index (χ0n) is 9.71. The summed E-state index contributed by atoms with van der Waals surface area (Å²) in [6.45, 7) is -0.237. The van der Waals surface area contributed by atoms with Crippen molar-refractivity contribution in [2.75, 3.05) is 18.1 Å². The third-order valence-corrected chi connectivity index (χ3v) is 3.25. The van der Waals surface area contributed by atoms with Gasteiger partial charge in [-0.2, -0.15) is 0 Å². The lowest BCUT2D eigenvalue weighted by Gasteiger charge is -2.20. The summed E-state index contributed by atoms with van der Waals surface area (Å²) in [5.41, 5.74) is 1.47. The minimum Gasteiger partial charge on any atom is -0.394 e. The van der Waals surface area contributed by atoms with Crippen molar-refractivity contribution in [2.45, 2.75) is 6.10 Å². The van der Waals surface area contributed by atoms with Crippen molar-refractivity contribution < 1.29 is 15.0 Å². The predicted molar refractivity (Wildman–Crippen MR) is 68.7 cm³/mol. The van der Waals surface area contributed by atoms with Gasteiger partial charge in [0.1, 0.15) is 0 Å². The molecule has 0 aromatic heterocycles. The third kappa shape index (κ3) is 1.50. The molecule has 92 valence electrons. The van der Waals surface area contributed by atoms with Crippen molar-refractivity contribution in [1.82, 2.24) is 0 Å². The molecule has 1 atom stereocenters. The number of carbonyl (C=O) groups excluding carboxylic acids is 1. The Labute approximate surface area is 104 Å². The van der Waals surface area contributed by atoms with Gasteiger partial charge in [-0.25, -0.2) is 0 Å². The molecule has 0 spiro atoms. The summed E-state index contributed by atoms with van der Waals surface area (Å²) in [4.78, 5) is 13.8. The fourth-order valence-corrected chi connectivity index (χ4v) is 2.43. The molecule has 0 saturated heterocycles. The Morgan fingerprint density at radius 1 is 1.17 bits per heavy atom. The van der Waals surface area contributed by atoms with E-state index in [4.69, 9.17) is 5.11 Å². The lowest BCUT2D eigenvalue weighted by Crippen LogP contribution is -2.36. The molecule has 2 aromatic rings. The number of benzene rings is 2. The molecule has 1 unspecified atom stereocenters. The summed E-state index contributed by atoms with van der Waals surface area (Å²) in [6.07, 6.45) is -0.918. The number of aliphatic hydroxyl groups excluding tert-OH is 2. The molecule has 1 aliphatic rings. The molecule has 1 heterocycles. The largest absolute Gasteiger partial charge is 0.394 e. The molecule has 3 rings (SSSR count). The Bertz CT molecular complexity index is 618. The van der Waals surface area contributed by atoms with Crippen LogP contribution in [0.15, 0.2) is 36.4 Å². The maximum absolute atomic E-state index is 12.3. The number of rotatable bonds is 3. The first-order valence-electron chi connectivity index (χ1n) is 5.85. The molecule has 18 heavy (non-hydrogen) atoms. The van der Waals surface area contributed by atoms with Crippen LogP contribution in [0.1, 0.15) is 10.4 Å². The average molecular weight is 243 g/mol. The van der Waals surface area contributed by atoms with Crippen molar-refractivity contribution in [3.63, 3.8) is 0 Å². The minimum atomic E-state index is -0.918. The maximum Gasteiger partial charge on any atom is 0.259 e. The molecular formula is C14H13NO3. The van der Waals surface area contributed by atoms with E-state index in [1.54, 1.807) is 6.07 Å². The number of aliphatic hydroxyl groups is 2. The van der Waals surface area contributed by atoms with E-state index in [1.165, 1.54) is 4.90 Å². The van der Waals surface area contributed by atoms with Gasteiger partial charge in [-0.3, -0.25) is 4.79 Å². The highest BCUT2D eigenvalue weighted by Crippen LogP contribution is 2.36. The first kappa shape index (κ1) is 11.2. The molecule has 0 saturated carbocycles. The molecule has 0 fully saturated rings. The van der Waals surface area contributed by atoms with E-state index in [9.17, 15) is 9.90 Å². The Kier molecular flexibility index (Phi) is 2.54. The van der Waals surface area contributed by atoms with Gasteiger partial charge in [0.25, 0.3) is 5.91 Å². The molecule has 4 nitrogen and oxygen atoms in total. The quantitative estimate of drug-likeness (QED) is 0.850. The standard InChI is InChI=1S/C14H13NO3/c16-8-10(17)7-15-12-6-2-4-9-3-1-5-11(13(9)12)14(15)18/h1-6,10,16-17H,7-8H2. The van der Waals surface area contributed by atoms with E-state index in [0.717, 1.165) is 16.5 Å². The Hall–Kier alpha value is -1.91. The molecular weight excluding hydrogens is 230 g/mol. The maximum atomic E-state index is 12.3. The second-order valence-electron chi connectivity index (χ2n) is 4.43. The van der Waals surface area contributed by atoms with Crippen LogP contribution in [-0.4, -0.2) is 35.4 Å². The van der Waals surface area contributed by atoms with Crippen molar-refractivity contribution in [3.8, 4) is 0 Å². The lowest BCUT2D eigenvalue weighted by atomic mass is 10.1. The monoisotopic (exact) mass is 243 g/mol. The number of hydrogen-bond acceptors (Lipinski definition) is 3. The Morgan fingerprint density at radius 3 is 2.61 bits per heavy atom. The fourth-order valence-electron chi connectivity index (χ4n) is 2.43. The van der Waals surface area contributed by atoms with Crippen LogP contribution in [0.3, 0.4) is 0 Å². The SMILES string of the molecule is O=C1c2cccc3cccc(c23)N1CC(O)CO. The van der Waals surface area contributed by atoms with Crippen molar-refractivity contribution in [3.05, 3.63) is 42.0 Å². The van der Waals surface area contributed by atoms with Gasteiger partial charge < -0.3 is 15.1 Å². The number of amides is 1. The van der Waals surface area contributed by atoms with Crippen LogP contribution in [0.4, 0.5) is 5.69 Å². The zero-order chi connectivity index (χ0) is 12.7. The number of hydrogen-bond donors (Lipinski definition) is 2. The Balaban J connectivity index is 2.13. The average Bonchev–Trinajstić information content (AvgIpc) is 2.67. The van der Waals surface area contributed by atoms with Crippen molar-refractivity contribution in [1.29, 1.82) is 0 Å². The van der Waals surface area contributed by atoms with Crippen molar-refractivity contribution in [2.24, 2.45) is 0 Å². The van der Waals surface area contributed by atoms with Crippen LogP contribution in [0.2, 0.25) is 0 Å². The Morgan fingerprint density at radius 2 is 1.89 bits per heavy atom. The highest BCUT2D eigenvalue weighted by Gasteiger charge is 2.30. The fraction of sp³-hybridized carbons (Fsp3) is 0.214. The number of carbonyl (C=O) groups is 1. The third-order valence-electron chi connectivity index (χ3n) is 3.25. The second-order valence-corrected chi connectivity index (χ2v) is 4.43. The van der Waals surface area contributed by atoms with E-state index in [-0.39, 0.29) is 19.1 Å². The number of anilines is 1. The molecule has 2 N–H and O–H groups in total. The van der Waals surface area contributed by atoms with E-state index < -0.39 is 6.10 Å². The van der Waals surface area contributed by atoms with Gasteiger partial charge >= 0.3 is 0 Å². The molecule has 4 heteroatoms. The highest BCUT2D eigenvalue weighted by atomic mass is 16.3. The van der Waals surface area contributed by atoms with Crippen LogP contribution in [0.25, 0.3) is 10.8 Å². The van der Waals surface area contributed by atoms with E-state index in [1.807, 2.05) is 30.3 Å². The molecule has 2 aromatic carbocycles. The van der Waals surface area contributed by atoms with Crippen LogP contribution in [0, 0.1) is 0 Å². The van der Waals surface area contributed by atoms with E-state index >= 15 is 0 Å². The van der Waals surface area contributed by atoms with E-state index in [0.29, 0.717) is 5.56 Å². The molecule has 1 aliphatic heterocycles. The molecule has 0 aliphatic carbocycles. The van der Waals surface area contributed by atoms with Crippen LogP contribution in [-0.2, 0) is 0 Å². The zero-order valence-corrected chi connectivity index (χ0v) is 9.71. The molecule has 0 bridgehead atoms. The normalized spacial score (nSPS) is 15.4. The summed E-state index contributed by atoms with van der Waals surface area (Å²) >= 11 is 0. The van der Waals surface area contributed by atoms with Gasteiger partial charge in [0.05, 0.1) is 24.9 Å². The van der Waals surface area contributed by atoms with Crippen LogP contribution >= 0.6 is 0 Å². The minimum absolute atomic E-state index is 0.114. The van der Waals surface area contributed by atoms with E-state index in [2.05, 4.69) is 0 Å². The summed E-state index contributed by atoms with van der Waals surface area (Å²) in [5, 5.41) is 20.4. The van der Waals surface area contributed by atoms with Crippen LogP contribution < -0.4 is 4.90 Å². The van der Waals surface area contributed by atoms with Gasteiger partial charge in [-0.1, -0.05) is 24.3 Å². The summed E-state index contributed by atoms with van der Waals surface area (Å²) in [7, 11) is 0. The molecule has 0 radical (unpaired) electrons. The van der Waals surface area contributed by atoms with Gasteiger partial charge in [0.15, 0.2) is 0 Å². The predicted octanol–water partition coefficient (Wildman–Crippen LogP) is 1.15. The first-order valence-corrected chi connectivity index (χ1v) is 5.85. The summed E-state index contributed by atoms with van der Waals surface area (Å²) < 4.78 is 0. The number of nitrogens with zero attached hydrogens (tertiary/aromatic N) is 1. The van der Waals surface area contributed by atoms with Gasteiger partial charge in [-0.05, 0) is 17.5 Å². The highest BCUT2D eigenvalue weighted by molar-refractivity contribution is 6.25.